The summed E-state index contributed by atoms with van der Waals surface area (Å²) in [7, 11) is 0. The van der Waals surface area contributed by atoms with Gasteiger partial charge in [0.05, 0.1) is 17.9 Å². The third-order valence-corrected chi connectivity index (χ3v) is 5.49. The molecular weight excluding hydrogens is 328 g/mol. The number of rotatable bonds is 4. The number of thiophene rings is 1. The monoisotopic (exact) mass is 350 g/mol. The molecule has 2 aromatic heterocycles. The maximum absolute atomic E-state index is 11.6. The van der Waals surface area contributed by atoms with Crippen molar-refractivity contribution >= 4 is 39.0 Å². The van der Waals surface area contributed by atoms with E-state index in [-0.39, 0.29) is 0 Å². The van der Waals surface area contributed by atoms with Crippen LogP contribution in [0.5, 0.6) is 0 Å². The molecule has 6 N–H and O–H groups in total. The topological polar surface area (TPSA) is 126 Å². The van der Waals surface area contributed by atoms with Crippen molar-refractivity contribution < 1.29 is 15.0 Å². The summed E-state index contributed by atoms with van der Waals surface area (Å²) in [6.07, 6.45) is 0.744. The minimum Gasteiger partial charge on any atom is -0.397 e. The van der Waals surface area contributed by atoms with E-state index < -0.39 is 18.1 Å². The number of nitrogen functional groups attached to an aromatic ring is 1. The summed E-state index contributed by atoms with van der Waals surface area (Å²) in [5, 5.41) is 20.4. The number of nitrogens with zero attached hydrogens (tertiary/aromatic N) is 2. The first-order valence-corrected chi connectivity index (χ1v) is 8.86. The van der Waals surface area contributed by atoms with Crippen LogP contribution in [0, 0.1) is 0 Å². The quantitative estimate of drug-likeness (QED) is 0.648. The molecule has 1 amide bonds. The predicted molar refractivity (Wildman–Crippen MR) is 95.4 cm³/mol. The molecule has 1 aliphatic heterocycles. The highest BCUT2D eigenvalue weighted by molar-refractivity contribution is 7.21. The van der Waals surface area contributed by atoms with Crippen molar-refractivity contribution in [2.24, 2.45) is 5.73 Å². The summed E-state index contributed by atoms with van der Waals surface area (Å²) in [6.45, 7) is 3.02. The number of hydrogen-bond donors (Lipinski definition) is 4. The van der Waals surface area contributed by atoms with Crippen molar-refractivity contribution in [3.05, 3.63) is 16.5 Å². The Labute approximate surface area is 143 Å². The van der Waals surface area contributed by atoms with Crippen LogP contribution in [-0.4, -0.2) is 46.4 Å². The van der Waals surface area contributed by atoms with Crippen molar-refractivity contribution in [2.45, 2.75) is 38.4 Å². The molecule has 0 bridgehead atoms. The summed E-state index contributed by atoms with van der Waals surface area (Å²) >= 11 is 1.20. The number of β-amino-alcohol motifs (C(OH)–C–C–N with tert-alkyl or cyclic N) is 1. The van der Waals surface area contributed by atoms with E-state index in [9.17, 15) is 15.0 Å². The number of aliphatic hydroxyl groups is 2. The Balaban J connectivity index is 2.08. The van der Waals surface area contributed by atoms with E-state index in [1.807, 2.05) is 11.0 Å². The average Bonchev–Trinajstić information content (AvgIpc) is 2.88. The van der Waals surface area contributed by atoms with Crippen LogP contribution in [-0.2, 0) is 6.42 Å². The molecule has 1 unspecified atom stereocenters. The third-order valence-electron chi connectivity index (χ3n) is 4.38. The van der Waals surface area contributed by atoms with Crippen LogP contribution in [0.15, 0.2) is 6.07 Å². The van der Waals surface area contributed by atoms with Gasteiger partial charge in [0, 0.05) is 18.5 Å². The lowest BCUT2D eigenvalue weighted by atomic mass is 10.0. The van der Waals surface area contributed by atoms with Gasteiger partial charge < -0.3 is 26.6 Å². The lowest BCUT2D eigenvalue weighted by Gasteiger charge is -2.34. The molecule has 2 atom stereocenters. The summed E-state index contributed by atoms with van der Waals surface area (Å²) in [5.74, 6) is 0.185. The molecule has 7 nitrogen and oxygen atoms in total. The highest BCUT2D eigenvalue weighted by Gasteiger charge is 2.28. The zero-order chi connectivity index (χ0) is 17.4. The number of anilines is 2. The molecule has 0 saturated carbocycles. The van der Waals surface area contributed by atoms with Gasteiger partial charge in [0.1, 0.15) is 15.5 Å². The number of carbonyl (C=O) groups excluding carboxylic acids is 1. The summed E-state index contributed by atoms with van der Waals surface area (Å²) in [5.41, 5.74) is 13.0. The lowest BCUT2D eigenvalue weighted by Crippen LogP contribution is -2.47. The Hall–Kier alpha value is -1.90. The maximum Gasteiger partial charge on any atom is 0.260 e. The van der Waals surface area contributed by atoms with E-state index in [0.29, 0.717) is 34.9 Å². The van der Waals surface area contributed by atoms with Crippen LogP contribution in [0.3, 0.4) is 0 Å². The molecule has 24 heavy (non-hydrogen) atoms. The number of fused-ring (bicyclic) bond motifs is 1. The number of piperidine rings is 1. The molecule has 3 rings (SSSR count). The van der Waals surface area contributed by atoms with Gasteiger partial charge in [-0.2, -0.15) is 0 Å². The first-order valence-electron chi connectivity index (χ1n) is 8.05. The fourth-order valence-electron chi connectivity index (χ4n) is 3.12. The molecule has 1 aliphatic rings. The van der Waals surface area contributed by atoms with Crippen LogP contribution < -0.4 is 16.4 Å². The molecule has 0 aromatic carbocycles. The largest absolute Gasteiger partial charge is 0.397 e. The Morgan fingerprint density at radius 3 is 2.83 bits per heavy atom. The molecule has 0 radical (unpaired) electrons. The number of carbonyl (C=O) groups is 1. The zero-order valence-electron chi connectivity index (χ0n) is 13.5. The van der Waals surface area contributed by atoms with E-state index in [1.54, 1.807) is 0 Å². The molecule has 1 saturated heterocycles. The molecule has 1 fully saturated rings. The number of primary amides is 1. The van der Waals surface area contributed by atoms with E-state index in [1.165, 1.54) is 11.3 Å². The Kier molecular flexibility index (Phi) is 4.62. The standard InChI is InChI=1S/C16H22N4O3S/c1-2-3-8-6-11(20-5-4-9(21)10(22)7-20)19-16-12(8)13(17)14(24-16)15(18)23/h6,9-10,21-22H,2-5,7,17H2,1H3,(H2,18,23)/t9?,10-/m0/s1. The fourth-order valence-corrected chi connectivity index (χ4v) is 4.11. The molecule has 130 valence electrons. The van der Waals surface area contributed by atoms with Crippen molar-refractivity contribution in [3.8, 4) is 0 Å². The van der Waals surface area contributed by atoms with Gasteiger partial charge in [-0.05, 0) is 24.5 Å². The number of aliphatic hydroxyl groups excluding tert-OH is 2. The van der Waals surface area contributed by atoms with Crippen molar-refractivity contribution in [3.63, 3.8) is 0 Å². The molecule has 0 spiro atoms. The van der Waals surface area contributed by atoms with E-state index in [4.69, 9.17) is 11.5 Å². The number of nitrogens with two attached hydrogens (primary N) is 2. The molecular formula is C16H22N4O3S. The second-order valence-electron chi connectivity index (χ2n) is 6.15. The van der Waals surface area contributed by atoms with Crippen molar-refractivity contribution in [2.75, 3.05) is 23.7 Å². The molecule has 3 heterocycles. The Morgan fingerprint density at radius 1 is 1.46 bits per heavy atom. The number of pyridine rings is 1. The van der Waals surface area contributed by atoms with Gasteiger partial charge in [-0.1, -0.05) is 13.3 Å². The van der Waals surface area contributed by atoms with Gasteiger partial charge in [0.25, 0.3) is 5.91 Å². The van der Waals surface area contributed by atoms with Crippen LogP contribution in [0.25, 0.3) is 10.2 Å². The SMILES string of the molecule is CCCc1cc(N2CCC(O)[C@@H](O)C2)nc2sc(C(N)=O)c(N)c12. The summed E-state index contributed by atoms with van der Waals surface area (Å²) < 4.78 is 0. The van der Waals surface area contributed by atoms with Gasteiger partial charge in [0.15, 0.2) is 0 Å². The zero-order valence-corrected chi connectivity index (χ0v) is 14.3. The fraction of sp³-hybridized carbons (Fsp3) is 0.500. The van der Waals surface area contributed by atoms with Crippen LogP contribution >= 0.6 is 11.3 Å². The van der Waals surface area contributed by atoms with E-state index in [0.717, 1.165) is 29.6 Å². The van der Waals surface area contributed by atoms with Gasteiger partial charge in [-0.25, -0.2) is 4.98 Å². The van der Waals surface area contributed by atoms with Crippen LogP contribution in [0.4, 0.5) is 11.5 Å². The smallest absolute Gasteiger partial charge is 0.260 e. The third kappa shape index (κ3) is 2.92. The minimum atomic E-state index is -0.791. The van der Waals surface area contributed by atoms with Gasteiger partial charge in [-0.3, -0.25) is 4.79 Å². The summed E-state index contributed by atoms with van der Waals surface area (Å²) in [6, 6.07) is 1.96. The number of hydrogen-bond acceptors (Lipinski definition) is 7. The molecule has 0 aliphatic carbocycles. The molecule has 2 aromatic rings. The second kappa shape index (κ2) is 6.54. The number of aromatic nitrogens is 1. The van der Waals surface area contributed by atoms with Crippen molar-refractivity contribution in [1.82, 2.24) is 4.98 Å². The van der Waals surface area contributed by atoms with E-state index >= 15 is 0 Å². The first kappa shape index (κ1) is 16.9. The summed E-state index contributed by atoms with van der Waals surface area (Å²) in [4.78, 5) is 19.2. The van der Waals surface area contributed by atoms with E-state index in [2.05, 4.69) is 11.9 Å². The van der Waals surface area contributed by atoms with Crippen LogP contribution in [0.1, 0.15) is 35.0 Å². The highest BCUT2D eigenvalue weighted by atomic mass is 32.1. The normalized spacial score (nSPS) is 21.4. The number of aryl methyl sites for hydroxylation is 1. The van der Waals surface area contributed by atoms with Gasteiger partial charge in [-0.15, -0.1) is 11.3 Å². The first-order chi connectivity index (χ1) is 11.4. The second-order valence-corrected chi connectivity index (χ2v) is 7.15. The average molecular weight is 350 g/mol. The minimum absolute atomic E-state index is 0.328. The highest BCUT2D eigenvalue weighted by Crippen LogP contribution is 2.37. The number of amides is 1. The maximum atomic E-state index is 11.6. The Morgan fingerprint density at radius 2 is 2.21 bits per heavy atom. The lowest BCUT2D eigenvalue weighted by molar-refractivity contribution is 0.00787. The Bertz CT molecular complexity index is 776. The van der Waals surface area contributed by atoms with Gasteiger partial charge in [0.2, 0.25) is 0 Å². The van der Waals surface area contributed by atoms with Gasteiger partial charge >= 0.3 is 0 Å². The molecule has 8 heteroatoms. The van der Waals surface area contributed by atoms with Crippen molar-refractivity contribution in [1.29, 1.82) is 0 Å². The predicted octanol–water partition coefficient (Wildman–Crippen LogP) is 0.862. The van der Waals surface area contributed by atoms with Crippen LogP contribution in [0.2, 0.25) is 0 Å².